The molecule has 0 aliphatic heterocycles. The van der Waals surface area contributed by atoms with Crippen LogP contribution in [0.15, 0.2) is 53.1 Å². The normalized spacial score (nSPS) is 10.5. The number of methoxy groups -OCH3 is 1. The van der Waals surface area contributed by atoms with E-state index in [1.807, 2.05) is 0 Å². The van der Waals surface area contributed by atoms with Crippen molar-refractivity contribution in [3.63, 3.8) is 0 Å². The van der Waals surface area contributed by atoms with Gasteiger partial charge in [0.15, 0.2) is 6.61 Å². The number of rotatable bonds is 7. The van der Waals surface area contributed by atoms with Crippen LogP contribution in [0.2, 0.25) is 0 Å². The molecule has 0 spiro atoms. The van der Waals surface area contributed by atoms with Gasteiger partial charge in [-0.05, 0) is 36.4 Å². The largest absolute Gasteiger partial charge is 0.497 e. The number of hydrogen-bond donors (Lipinski definition) is 2. The predicted octanol–water partition coefficient (Wildman–Crippen LogP) is 2.26. The summed E-state index contributed by atoms with van der Waals surface area (Å²) in [6.45, 7) is -0.431. The van der Waals surface area contributed by atoms with E-state index in [0.29, 0.717) is 28.1 Å². The molecule has 0 bridgehead atoms. The van der Waals surface area contributed by atoms with Crippen molar-refractivity contribution in [3.8, 4) is 5.75 Å². The molecule has 0 fully saturated rings. The van der Waals surface area contributed by atoms with Crippen molar-refractivity contribution in [3.05, 3.63) is 59.9 Å². The first kappa shape index (κ1) is 19.0. The highest BCUT2D eigenvalue weighted by molar-refractivity contribution is 5.95. The number of carbonyl (C=O) groups excluding carboxylic acids is 3. The molecule has 144 valence electrons. The van der Waals surface area contributed by atoms with Crippen molar-refractivity contribution >= 4 is 34.4 Å². The highest BCUT2D eigenvalue weighted by Gasteiger charge is 2.14. The Morgan fingerprint density at radius 1 is 1.11 bits per heavy atom. The Morgan fingerprint density at radius 3 is 2.54 bits per heavy atom. The SMILES string of the molecule is COc1ccc2c(CC(=O)OCC(=O)Nc3ccc(C(N)=O)cc3)coc2c1. The number of benzene rings is 2. The van der Waals surface area contributed by atoms with Crippen LogP contribution in [0.5, 0.6) is 5.75 Å². The van der Waals surface area contributed by atoms with Crippen LogP contribution < -0.4 is 15.8 Å². The van der Waals surface area contributed by atoms with E-state index in [-0.39, 0.29) is 6.42 Å². The van der Waals surface area contributed by atoms with Gasteiger partial charge >= 0.3 is 5.97 Å². The summed E-state index contributed by atoms with van der Waals surface area (Å²) in [7, 11) is 1.56. The second kappa shape index (κ2) is 8.26. The zero-order chi connectivity index (χ0) is 20.1. The average Bonchev–Trinajstić information content (AvgIpc) is 3.08. The van der Waals surface area contributed by atoms with Crippen molar-refractivity contribution in [1.82, 2.24) is 0 Å². The van der Waals surface area contributed by atoms with Gasteiger partial charge in [0.2, 0.25) is 5.91 Å². The van der Waals surface area contributed by atoms with E-state index in [1.165, 1.54) is 30.5 Å². The highest BCUT2D eigenvalue weighted by atomic mass is 16.5. The van der Waals surface area contributed by atoms with E-state index < -0.39 is 24.4 Å². The van der Waals surface area contributed by atoms with Gasteiger partial charge in [-0.1, -0.05) is 0 Å². The fraction of sp³-hybridized carbons (Fsp3) is 0.150. The number of furan rings is 1. The molecule has 0 saturated heterocycles. The van der Waals surface area contributed by atoms with Crippen molar-refractivity contribution in [1.29, 1.82) is 0 Å². The summed E-state index contributed by atoms with van der Waals surface area (Å²) >= 11 is 0. The smallest absolute Gasteiger partial charge is 0.310 e. The van der Waals surface area contributed by atoms with Gasteiger partial charge < -0.3 is 24.9 Å². The maximum atomic E-state index is 12.0. The summed E-state index contributed by atoms with van der Waals surface area (Å²) in [4.78, 5) is 35.0. The van der Waals surface area contributed by atoms with Gasteiger partial charge in [0, 0.05) is 28.3 Å². The number of ether oxygens (including phenoxy) is 2. The first-order chi connectivity index (χ1) is 13.5. The molecule has 8 heteroatoms. The van der Waals surface area contributed by atoms with Crippen LogP contribution in [-0.2, 0) is 20.7 Å². The lowest BCUT2D eigenvalue weighted by atomic mass is 10.1. The van der Waals surface area contributed by atoms with Crippen LogP contribution in [0, 0.1) is 0 Å². The lowest BCUT2D eigenvalue weighted by Gasteiger charge is -2.07. The van der Waals surface area contributed by atoms with Crippen molar-refractivity contribution in [2.75, 3.05) is 19.0 Å². The van der Waals surface area contributed by atoms with Gasteiger partial charge in [-0.2, -0.15) is 0 Å². The molecular formula is C20H18N2O6. The van der Waals surface area contributed by atoms with Crippen LogP contribution in [0.25, 0.3) is 11.0 Å². The van der Waals surface area contributed by atoms with E-state index in [9.17, 15) is 14.4 Å². The Kier molecular flexibility index (Phi) is 5.59. The minimum Gasteiger partial charge on any atom is -0.497 e. The molecule has 3 aromatic rings. The number of anilines is 1. The molecule has 0 saturated carbocycles. The van der Waals surface area contributed by atoms with Crippen LogP contribution in [0.1, 0.15) is 15.9 Å². The molecule has 0 radical (unpaired) electrons. The molecule has 28 heavy (non-hydrogen) atoms. The molecule has 2 amide bonds. The zero-order valence-electron chi connectivity index (χ0n) is 15.1. The second-order valence-electron chi connectivity index (χ2n) is 5.95. The summed E-state index contributed by atoms with van der Waals surface area (Å²) in [5.41, 5.74) is 7.20. The molecule has 0 unspecified atom stereocenters. The van der Waals surface area contributed by atoms with E-state index in [4.69, 9.17) is 19.6 Å². The summed E-state index contributed by atoms with van der Waals surface area (Å²) in [6.07, 6.45) is 1.45. The van der Waals surface area contributed by atoms with Gasteiger partial charge in [-0.3, -0.25) is 14.4 Å². The first-order valence-corrected chi connectivity index (χ1v) is 8.35. The Bertz CT molecular complexity index is 1020. The third-order valence-corrected chi connectivity index (χ3v) is 4.02. The summed E-state index contributed by atoms with van der Waals surface area (Å²) in [5, 5.41) is 3.34. The lowest BCUT2D eigenvalue weighted by Crippen LogP contribution is -2.21. The number of amides is 2. The van der Waals surface area contributed by atoms with Gasteiger partial charge in [-0.25, -0.2) is 0 Å². The molecule has 8 nitrogen and oxygen atoms in total. The molecule has 2 aromatic carbocycles. The maximum Gasteiger partial charge on any atom is 0.310 e. The predicted molar refractivity (Wildman–Crippen MR) is 101 cm³/mol. The van der Waals surface area contributed by atoms with Crippen LogP contribution in [0.3, 0.4) is 0 Å². The third-order valence-electron chi connectivity index (χ3n) is 4.02. The van der Waals surface area contributed by atoms with Gasteiger partial charge in [0.1, 0.15) is 11.3 Å². The lowest BCUT2D eigenvalue weighted by molar-refractivity contribution is -0.146. The first-order valence-electron chi connectivity index (χ1n) is 8.35. The number of carbonyl (C=O) groups is 3. The number of nitrogens with two attached hydrogens (primary N) is 1. The minimum absolute atomic E-state index is 0.0279. The van der Waals surface area contributed by atoms with E-state index in [0.717, 1.165) is 5.39 Å². The van der Waals surface area contributed by atoms with Gasteiger partial charge in [0.25, 0.3) is 5.91 Å². The van der Waals surface area contributed by atoms with E-state index >= 15 is 0 Å². The monoisotopic (exact) mass is 382 g/mol. The van der Waals surface area contributed by atoms with E-state index in [2.05, 4.69) is 5.32 Å². The summed E-state index contributed by atoms with van der Waals surface area (Å²) in [5.74, 6) is -0.965. The zero-order valence-corrected chi connectivity index (χ0v) is 15.1. The van der Waals surface area contributed by atoms with Crippen LogP contribution in [-0.4, -0.2) is 31.5 Å². The number of hydrogen-bond acceptors (Lipinski definition) is 6. The number of primary amides is 1. The van der Waals surface area contributed by atoms with Crippen LogP contribution in [0.4, 0.5) is 5.69 Å². The summed E-state index contributed by atoms with van der Waals surface area (Å²) in [6, 6.07) is 11.3. The quantitative estimate of drug-likeness (QED) is 0.605. The van der Waals surface area contributed by atoms with E-state index in [1.54, 1.807) is 25.3 Å². The Balaban J connectivity index is 1.52. The van der Waals surface area contributed by atoms with Crippen LogP contribution >= 0.6 is 0 Å². The fourth-order valence-electron chi connectivity index (χ4n) is 2.59. The summed E-state index contributed by atoms with van der Waals surface area (Å²) < 4.78 is 15.6. The Hall–Kier alpha value is -3.81. The molecular weight excluding hydrogens is 364 g/mol. The highest BCUT2D eigenvalue weighted by Crippen LogP contribution is 2.26. The third kappa shape index (κ3) is 4.47. The van der Waals surface area contributed by atoms with Gasteiger partial charge in [0.05, 0.1) is 19.8 Å². The number of esters is 1. The maximum absolute atomic E-state index is 12.0. The topological polar surface area (TPSA) is 121 Å². The molecule has 0 aliphatic rings. The standard InChI is InChI=1S/C20H18N2O6/c1-26-15-6-7-16-13(10-27-17(16)9-15)8-19(24)28-11-18(23)22-14-4-2-12(3-5-14)20(21)25/h2-7,9-10H,8,11H2,1H3,(H2,21,25)(H,22,23). The number of fused-ring (bicyclic) bond motifs is 1. The average molecular weight is 382 g/mol. The Morgan fingerprint density at radius 2 is 1.86 bits per heavy atom. The molecule has 1 aromatic heterocycles. The van der Waals surface area contributed by atoms with Gasteiger partial charge in [-0.15, -0.1) is 0 Å². The fourth-order valence-corrected chi connectivity index (χ4v) is 2.59. The second-order valence-corrected chi connectivity index (χ2v) is 5.95. The molecule has 0 aliphatic carbocycles. The number of nitrogens with one attached hydrogen (secondary N) is 1. The van der Waals surface area contributed by atoms with Crippen molar-refractivity contribution < 1.29 is 28.3 Å². The molecule has 0 atom stereocenters. The Labute approximate surface area is 160 Å². The van der Waals surface area contributed by atoms with Crippen molar-refractivity contribution in [2.24, 2.45) is 5.73 Å². The molecule has 3 N–H and O–H groups in total. The molecule has 3 rings (SSSR count). The molecule has 1 heterocycles. The minimum atomic E-state index is -0.558. The van der Waals surface area contributed by atoms with Crippen molar-refractivity contribution in [2.45, 2.75) is 6.42 Å².